The van der Waals surface area contributed by atoms with Crippen LogP contribution in [0.25, 0.3) is 0 Å². The summed E-state index contributed by atoms with van der Waals surface area (Å²) in [6.45, 7) is 12.2. The maximum atomic E-state index is 11.9. The summed E-state index contributed by atoms with van der Waals surface area (Å²) in [6, 6.07) is 0. The number of hydrogen-bond acceptors (Lipinski definition) is 8. The van der Waals surface area contributed by atoms with Gasteiger partial charge in [0.05, 0.1) is 0 Å². The minimum atomic E-state index is -0.682. The van der Waals surface area contributed by atoms with Crippen molar-refractivity contribution < 1.29 is 38.0 Å². The molecule has 30 heavy (non-hydrogen) atoms. The Morgan fingerprint density at radius 3 is 1.30 bits per heavy atom. The first kappa shape index (κ1) is 28.8. The van der Waals surface area contributed by atoms with Crippen molar-refractivity contribution in [2.45, 2.75) is 118 Å². The lowest BCUT2D eigenvalue weighted by Crippen LogP contribution is -2.25. The molecule has 0 amide bonds. The third kappa shape index (κ3) is 17.6. The van der Waals surface area contributed by atoms with Crippen LogP contribution < -0.4 is 0 Å². The molecule has 0 aromatic rings. The third-order valence-electron chi connectivity index (χ3n) is 4.07. The Morgan fingerprint density at radius 1 is 0.600 bits per heavy atom. The van der Waals surface area contributed by atoms with Crippen LogP contribution in [-0.2, 0) is 38.0 Å². The van der Waals surface area contributed by atoms with Crippen LogP contribution >= 0.6 is 0 Å². The monoisotopic (exact) mass is 434 g/mol. The standard InChI is InChI=1S/C22H42O8/c1-7-9-15-25-17(3)27-19(5)29-21(23)13-11-12-14-22(24)30-20(6)28-18(4)26-16-10-8-2/h17-20H,7-16H2,1-6H3. The molecule has 0 saturated carbocycles. The predicted octanol–water partition coefficient (Wildman–Crippen LogP) is 4.68. The largest absolute Gasteiger partial charge is 0.436 e. The molecule has 0 aromatic carbocycles. The summed E-state index contributed by atoms with van der Waals surface area (Å²) >= 11 is 0. The van der Waals surface area contributed by atoms with Gasteiger partial charge in [-0.15, -0.1) is 0 Å². The van der Waals surface area contributed by atoms with E-state index in [1.807, 2.05) is 0 Å². The molecule has 0 aliphatic carbocycles. The first-order valence-electron chi connectivity index (χ1n) is 11.2. The molecule has 0 saturated heterocycles. The van der Waals surface area contributed by atoms with Crippen LogP contribution in [0.4, 0.5) is 0 Å². The van der Waals surface area contributed by atoms with Crippen molar-refractivity contribution in [2.24, 2.45) is 0 Å². The first-order valence-corrected chi connectivity index (χ1v) is 11.2. The highest BCUT2D eigenvalue weighted by atomic mass is 16.8. The number of carbonyl (C=O) groups is 2. The van der Waals surface area contributed by atoms with Gasteiger partial charge in [0.25, 0.3) is 0 Å². The lowest BCUT2D eigenvalue weighted by Gasteiger charge is -2.20. The molecule has 0 fully saturated rings. The van der Waals surface area contributed by atoms with E-state index in [2.05, 4.69) is 13.8 Å². The second-order valence-corrected chi connectivity index (χ2v) is 7.18. The average molecular weight is 435 g/mol. The number of carbonyl (C=O) groups excluding carboxylic acids is 2. The summed E-state index contributed by atoms with van der Waals surface area (Å²) in [5.74, 6) is -0.738. The van der Waals surface area contributed by atoms with Crippen molar-refractivity contribution in [3.63, 3.8) is 0 Å². The van der Waals surface area contributed by atoms with Crippen LogP contribution in [0, 0.1) is 0 Å². The molecule has 178 valence electrons. The van der Waals surface area contributed by atoms with E-state index in [0.29, 0.717) is 26.1 Å². The van der Waals surface area contributed by atoms with Crippen molar-refractivity contribution in [2.75, 3.05) is 13.2 Å². The molecule has 0 N–H and O–H groups in total. The van der Waals surface area contributed by atoms with E-state index in [4.69, 9.17) is 28.4 Å². The first-order chi connectivity index (χ1) is 14.3. The van der Waals surface area contributed by atoms with Crippen LogP contribution in [-0.4, -0.2) is 50.3 Å². The molecule has 4 atom stereocenters. The Bertz CT molecular complexity index is 403. The van der Waals surface area contributed by atoms with E-state index in [1.54, 1.807) is 27.7 Å². The van der Waals surface area contributed by atoms with Gasteiger partial charge in [-0.2, -0.15) is 0 Å². The van der Waals surface area contributed by atoms with E-state index in [9.17, 15) is 9.59 Å². The summed E-state index contributed by atoms with van der Waals surface area (Å²) in [4.78, 5) is 23.7. The van der Waals surface area contributed by atoms with E-state index in [1.165, 1.54) is 0 Å². The molecule has 0 spiro atoms. The fourth-order valence-electron chi connectivity index (χ4n) is 2.49. The van der Waals surface area contributed by atoms with Crippen LogP contribution in [0.2, 0.25) is 0 Å². The highest BCUT2D eigenvalue weighted by Crippen LogP contribution is 2.09. The van der Waals surface area contributed by atoms with Gasteiger partial charge in [0.2, 0.25) is 12.6 Å². The molecule has 0 radical (unpaired) electrons. The van der Waals surface area contributed by atoms with Crippen LogP contribution in [0.1, 0.15) is 92.9 Å². The number of hydrogen-bond donors (Lipinski definition) is 0. The molecule has 4 unspecified atom stereocenters. The van der Waals surface area contributed by atoms with Gasteiger partial charge in [-0.05, 0) is 53.4 Å². The minimum absolute atomic E-state index is 0.209. The lowest BCUT2D eigenvalue weighted by atomic mass is 10.2. The SMILES string of the molecule is CCCCOC(C)OC(C)OC(=O)CCCCC(=O)OC(C)OC(C)OCCCC. The summed E-state index contributed by atoms with van der Waals surface area (Å²) in [6.07, 6.45) is 3.24. The molecule has 0 bridgehead atoms. The van der Waals surface area contributed by atoms with Gasteiger partial charge < -0.3 is 28.4 Å². The van der Waals surface area contributed by atoms with Gasteiger partial charge in [-0.3, -0.25) is 9.59 Å². The minimum Gasteiger partial charge on any atom is -0.436 e. The second kappa shape index (κ2) is 18.5. The zero-order valence-electron chi connectivity index (χ0n) is 19.6. The smallest absolute Gasteiger partial charge is 0.308 e. The maximum Gasteiger partial charge on any atom is 0.308 e. The molecule has 8 nitrogen and oxygen atoms in total. The van der Waals surface area contributed by atoms with Crippen LogP contribution in [0.15, 0.2) is 0 Å². The second-order valence-electron chi connectivity index (χ2n) is 7.18. The molecule has 0 rings (SSSR count). The number of unbranched alkanes of at least 4 members (excludes halogenated alkanes) is 3. The van der Waals surface area contributed by atoms with Crippen molar-refractivity contribution >= 4 is 11.9 Å². The molecule has 0 heterocycles. The molecular weight excluding hydrogens is 392 g/mol. The average Bonchev–Trinajstić information content (AvgIpc) is 2.65. The fraction of sp³-hybridized carbons (Fsp3) is 0.909. The van der Waals surface area contributed by atoms with Crippen molar-refractivity contribution in [3.05, 3.63) is 0 Å². The van der Waals surface area contributed by atoms with E-state index >= 15 is 0 Å². The van der Waals surface area contributed by atoms with E-state index < -0.39 is 25.2 Å². The molecule has 0 aliphatic rings. The number of rotatable bonds is 19. The van der Waals surface area contributed by atoms with E-state index in [0.717, 1.165) is 25.7 Å². The Morgan fingerprint density at radius 2 is 0.967 bits per heavy atom. The molecular formula is C22H42O8. The highest BCUT2D eigenvalue weighted by molar-refractivity contribution is 5.70. The normalized spacial score (nSPS) is 15.3. The zero-order valence-corrected chi connectivity index (χ0v) is 19.6. The van der Waals surface area contributed by atoms with Crippen LogP contribution in [0.5, 0.6) is 0 Å². The quantitative estimate of drug-likeness (QED) is 0.164. The lowest BCUT2D eigenvalue weighted by molar-refractivity contribution is -0.230. The predicted molar refractivity (Wildman–Crippen MR) is 112 cm³/mol. The van der Waals surface area contributed by atoms with Gasteiger partial charge in [0.1, 0.15) is 0 Å². The summed E-state index contributed by atoms with van der Waals surface area (Å²) in [7, 11) is 0. The fourth-order valence-corrected chi connectivity index (χ4v) is 2.49. The van der Waals surface area contributed by atoms with Crippen molar-refractivity contribution in [3.8, 4) is 0 Å². The molecule has 0 aromatic heterocycles. The van der Waals surface area contributed by atoms with Gasteiger partial charge in [-0.1, -0.05) is 26.7 Å². The van der Waals surface area contributed by atoms with E-state index in [-0.39, 0.29) is 24.8 Å². The van der Waals surface area contributed by atoms with Gasteiger partial charge >= 0.3 is 11.9 Å². The van der Waals surface area contributed by atoms with Gasteiger partial charge in [-0.25, -0.2) is 0 Å². The Balaban J connectivity index is 3.81. The van der Waals surface area contributed by atoms with Crippen molar-refractivity contribution in [1.29, 1.82) is 0 Å². The third-order valence-corrected chi connectivity index (χ3v) is 4.07. The van der Waals surface area contributed by atoms with Gasteiger partial charge in [0, 0.05) is 26.1 Å². The Hall–Kier alpha value is -1.22. The number of esters is 2. The van der Waals surface area contributed by atoms with Crippen molar-refractivity contribution in [1.82, 2.24) is 0 Å². The Labute approximate surface area is 181 Å². The topological polar surface area (TPSA) is 89.5 Å². The maximum absolute atomic E-state index is 11.9. The van der Waals surface area contributed by atoms with Gasteiger partial charge in [0.15, 0.2) is 12.6 Å². The summed E-state index contributed by atoms with van der Waals surface area (Å²) < 4.78 is 32.2. The number of ether oxygens (including phenoxy) is 6. The highest BCUT2D eigenvalue weighted by Gasteiger charge is 2.15. The molecule has 0 aliphatic heterocycles. The Kier molecular flexibility index (Phi) is 17.8. The summed E-state index contributed by atoms with van der Waals surface area (Å²) in [5, 5.41) is 0. The molecule has 8 heteroatoms. The summed E-state index contributed by atoms with van der Waals surface area (Å²) in [5.41, 5.74) is 0. The van der Waals surface area contributed by atoms with Crippen LogP contribution in [0.3, 0.4) is 0 Å². The zero-order chi connectivity index (χ0) is 22.8.